The second kappa shape index (κ2) is 7.84. The summed E-state index contributed by atoms with van der Waals surface area (Å²) in [6, 6.07) is 3.56. The summed E-state index contributed by atoms with van der Waals surface area (Å²) in [6.07, 6.45) is 7.72. The topological polar surface area (TPSA) is 66.7 Å². The molecule has 23 heavy (non-hydrogen) atoms. The number of carbonyl (C=O) groups excluding carboxylic acids is 1. The Bertz CT molecular complexity index is 477. The van der Waals surface area contributed by atoms with Crippen LogP contribution in [0, 0.1) is 0 Å². The van der Waals surface area contributed by atoms with Crippen LogP contribution in [0.25, 0.3) is 0 Å². The van der Waals surface area contributed by atoms with E-state index in [1.54, 1.807) is 6.26 Å². The average molecular weight is 321 g/mol. The van der Waals surface area contributed by atoms with Crippen molar-refractivity contribution < 1.29 is 13.9 Å². The van der Waals surface area contributed by atoms with Crippen LogP contribution in [0.1, 0.15) is 37.9 Å². The number of rotatable bonds is 5. The van der Waals surface area contributed by atoms with E-state index < -0.39 is 0 Å². The lowest BCUT2D eigenvalue weighted by Crippen LogP contribution is -2.60. The number of hydrogen-bond acceptors (Lipinski definition) is 4. The average Bonchev–Trinajstić information content (AvgIpc) is 3.13. The van der Waals surface area contributed by atoms with Crippen LogP contribution in [0.2, 0.25) is 0 Å². The van der Waals surface area contributed by atoms with Gasteiger partial charge in [0.2, 0.25) is 0 Å². The van der Waals surface area contributed by atoms with E-state index in [0.29, 0.717) is 13.1 Å². The molecule has 2 amide bonds. The third kappa shape index (κ3) is 4.26. The summed E-state index contributed by atoms with van der Waals surface area (Å²) in [5.41, 5.74) is 0.101. The zero-order valence-corrected chi connectivity index (χ0v) is 13.7. The lowest BCUT2D eigenvalue weighted by Gasteiger charge is -2.48. The Balaban J connectivity index is 1.52. The molecule has 0 unspecified atom stereocenters. The fraction of sp³-hybridized carbons (Fsp3) is 0.706. The first kappa shape index (κ1) is 16.3. The fourth-order valence-corrected chi connectivity index (χ4v) is 3.74. The van der Waals surface area contributed by atoms with Gasteiger partial charge in [-0.05, 0) is 25.0 Å². The summed E-state index contributed by atoms with van der Waals surface area (Å²) in [6.45, 7) is 4.66. The van der Waals surface area contributed by atoms with Crippen molar-refractivity contribution in [2.45, 2.75) is 44.2 Å². The number of hydrogen-bond donors (Lipinski definition) is 2. The highest BCUT2D eigenvalue weighted by atomic mass is 16.5. The Morgan fingerprint density at radius 2 is 1.96 bits per heavy atom. The van der Waals surface area contributed by atoms with Crippen LogP contribution in [0.15, 0.2) is 22.8 Å². The van der Waals surface area contributed by atoms with Crippen molar-refractivity contribution in [2.24, 2.45) is 0 Å². The Morgan fingerprint density at radius 3 is 2.65 bits per heavy atom. The second-order valence-corrected chi connectivity index (χ2v) is 6.50. The van der Waals surface area contributed by atoms with E-state index in [1.807, 2.05) is 12.1 Å². The van der Waals surface area contributed by atoms with E-state index in [0.717, 1.165) is 44.9 Å². The predicted molar refractivity (Wildman–Crippen MR) is 87.2 cm³/mol. The van der Waals surface area contributed by atoms with Crippen LogP contribution in [0.4, 0.5) is 4.79 Å². The fourth-order valence-electron chi connectivity index (χ4n) is 3.74. The second-order valence-electron chi connectivity index (χ2n) is 6.50. The number of morpholine rings is 1. The monoisotopic (exact) mass is 321 g/mol. The van der Waals surface area contributed by atoms with E-state index in [9.17, 15) is 4.79 Å². The Hall–Kier alpha value is -1.53. The highest BCUT2D eigenvalue weighted by molar-refractivity contribution is 5.73. The van der Waals surface area contributed by atoms with E-state index in [2.05, 4.69) is 15.5 Å². The highest BCUT2D eigenvalue weighted by Gasteiger charge is 2.38. The minimum absolute atomic E-state index is 0.101. The molecule has 0 atom stereocenters. The lowest BCUT2D eigenvalue weighted by molar-refractivity contribution is -0.0357. The van der Waals surface area contributed by atoms with Gasteiger partial charge in [0.15, 0.2) is 0 Å². The molecule has 3 rings (SSSR count). The molecule has 128 valence electrons. The number of amides is 2. The van der Waals surface area contributed by atoms with Crippen LogP contribution in [0.3, 0.4) is 0 Å². The summed E-state index contributed by atoms with van der Waals surface area (Å²) in [5, 5.41) is 5.94. The van der Waals surface area contributed by atoms with Crippen molar-refractivity contribution in [3.63, 3.8) is 0 Å². The number of urea groups is 1. The van der Waals surface area contributed by atoms with Crippen LogP contribution in [-0.4, -0.2) is 49.3 Å². The van der Waals surface area contributed by atoms with Crippen molar-refractivity contribution in [3.05, 3.63) is 24.2 Å². The van der Waals surface area contributed by atoms with Crippen molar-refractivity contribution in [2.75, 3.05) is 32.8 Å². The predicted octanol–water partition coefficient (Wildman–Crippen LogP) is 2.11. The Labute approximate surface area is 137 Å². The maximum absolute atomic E-state index is 12.1. The van der Waals surface area contributed by atoms with Crippen LogP contribution in [-0.2, 0) is 11.3 Å². The summed E-state index contributed by atoms with van der Waals surface area (Å²) < 4.78 is 10.7. The van der Waals surface area contributed by atoms with Crippen molar-refractivity contribution >= 4 is 6.03 Å². The van der Waals surface area contributed by atoms with Gasteiger partial charge in [0.25, 0.3) is 0 Å². The van der Waals surface area contributed by atoms with Gasteiger partial charge in [-0.3, -0.25) is 4.90 Å². The molecule has 0 bridgehead atoms. The first-order valence-electron chi connectivity index (χ1n) is 8.65. The number of nitrogens with zero attached hydrogens (tertiary/aromatic N) is 1. The first-order chi connectivity index (χ1) is 11.3. The van der Waals surface area contributed by atoms with Crippen LogP contribution in [0.5, 0.6) is 0 Å². The first-order valence-corrected chi connectivity index (χ1v) is 8.65. The van der Waals surface area contributed by atoms with Gasteiger partial charge in [0.05, 0.1) is 26.0 Å². The largest absolute Gasteiger partial charge is 0.467 e. The quantitative estimate of drug-likeness (QED) is 0.872. The van der Waals surface area contributed by atoms with Gasteiger partial charge in [-0.2, -0.15) is 0 Å². The molecule has 6 heteroatoms. The summed E-state index contributed by atoms with van der Waals surface area (Å²) in [5.74, 6) is 0.765. The number of ether oxygens (including phenoxy) is 1. The van der Waals surface area contributed by atoms with Crippen LogP contribution >= 0.6 is 0 Å². The van der Waals surface area contributed by atoms with Gasteiger partial charge >= 0.3 is 6.03 Å². The number of carbonyl (C=O) groups is 1. The standard InChI is InChI=1S/C17H27N3O3/c21-16(18-13-15-5-4-10-23-15)19-14-17(6-2-1-3-7-17)20-8-11-22-12-9-20/h4-5,10H,1-3,6-9,11-14H2,(H2,18,19,21). The minimum Gasteiger partial charge on any atom is -0.467 e. The molecule has 1 aromatic rings. The smallest absolute Gasteiger partial charge is 0.315 e. The molecular formula is C17H27N3O3. The van der Waals surface area contributed by atoms with E-state index in [1.165, 1.54) is 19.3 Å². The Morgan fingerprint density at radius 1 is 1.17 bits per heavy atom. The molecule has 1 saturated carbocycles. The molecule has 2 fully saturated rings. The van der Waals surface area contributed by atoms with Crippen molar-refractivity contribution in [1.29, 1.82) is 0 Å². The van der Waals surface area contributed by atoms with Gasteiger partial charge in [0.1, 0.15) is 5.76 Å². The molecular weight excluding hydrogens is 294 g/mol. The molecule has 2 N–H and O–H groups in total. The SMILES string of the molecule is O=C(NCc1ccco1)NCC1(N2CCOCC2)CCCCC1. The molecule has 0 aromatic carbocycles. The van der Waals surface area contributed by atoms with Gasteiger partial charge in [-0.25, -0.2) is 4.79 Å². The molecule has 0 spiro atoms. The molecule has 0 radical (unpaired) electrons. The van der Waals surface area contributed by atoms with E-state index in [-0.39, 0.29) is 11.6 Å². The van der Waals surface area contributed by atoms with E-state index in [4.69, 9.17) is 9.15 Å². The maximum Gasteiger partial charge on any atom is 0.315 e. The summed E-state index contributed by atoms with van der Waals surface area (Å²) in [7, 11) is 0. The summed E-state index contributed by atoms with van der Waals surface area (Å²) >= 11 is 0. The van der Waals surface area contributed by atoms with Gasteiger partial charge in [-0.1, -0.05) is 19.3 Å². The van der Waals surface area contributed by atoms with Gasteiger partial charge in [-0.15, -0.1) is 0 Å². The molecule has 1 aliphatic heterocycles. The molecule has 1 saturated heterocycles. The van der Waals surface area contributed by atoms with Crippen molar-refractivity contribution in [1.82, 2.24) is 15.5 Å². The number of nitrogens with one attached hydrogen (secondary N) is 2. The maximum atomic E-state index is 12.1. The third-order valence-electron chi connectivity index (χ3n) is 5.05. The Kier molecular flexibility index (Phi) is 5.56. The molecule has 6 nitrogen and oxygen atoms in total. The molecule has 2 heterocycles. The van der Waals surface area contributed by atoms with E-state index >= 15 is 0 Å². The summed E-state index contributed by atoms with van der Waals surface area (Å²) in [4.78, 5) is 14.6. The van der Waals surface area contributed by atoms with Crippen molar-refractivity contribution in [3.8, 4) is 0 Å². The van der Waals surface area contributed by atoms with Crippen LogP contribution < -0.4 is 10.6 Å². The minimum atomic E-state index is -0.125. The molecule has 1 aromatic heterocycles. The zero-order valence-electron chi connectivity index (χ0n) is 13.7. The molecule has 1 aliphatic carbocycles. The molecule has 2 aliphatic rings. The third-order valence-corrected chi connectivity index (χ3v) is 5.05. The lowest BCUT2D eigenvalue weighted by atomic mass is 9.80. The normalized spacial score (nSPS) is 21.7. The van der Waals surface area contributed by atoms with Gasteiger partial charge < -0.3 is 19.8 Å². The number of furan rings is 1. The highest BCUT2D eigenvalue weighted by Crippen LogP contribution is 2.33. The van der Waals surface area contributed by atoms with Gasteiger partial charge in [0, 0.05) is 25.2 Å². The zero-order chi connectivity index (χ0) is 16.0.